The van der Waals surface area contributed by atoms with Crippen LogP contribution in [0.25, 0.3) is 10.7 Å². The molecule has 0 radical (unpaired) electrons. The van der Waals surface area contributed by atoms with E-state index in [1.165, 1.54) is 11.3 Å². The van der Waals surface area contributed by atoms with E-state index in [9.17, 15) is 4.79 Å². The van der Waals surface area contributed by atoms with Gasteiger partial charge < -0.3 is 10.1 Å². The van der Waals surface area contributed by atoms with E-state index in [1.807, 2.05) is 56.3 Å². The molecule has 0 fully saturated rings. The molecule has 0 saturated heterocycles. The molecule has 0 aliphatic heterocycles. The van der Waals surface area contributed by atoms with Crippen LogP contribution in [0.5, 0.6) is 5.75 Å². The smallest absolute Gasteiger partial charge is 0.263 e. The number of benzene rings is 1. The zero-order valence-electron chi connectivity index (χ0n) is 14.2. The lowest BCUT2D eigenvalue weighted by Gasteiger charge is -2.07. The van der Waals surface area contributed by atoms with E-state index in [-0.39, 0.29) is 5.91 Å². The lowest BCUT2D eigenvalue weighted by Crippen LogP contribution is -2.27. The van der Waals surface area contributed by atoms with Crippen LogP contribution in [0.1, 0.15) is 20.9 Å². The molecular formula is C19H19N3O2S. The van der Waals surface area contributed by atoms with Crippen LogP contribution in [0.15, 0.2) is 48.7 Å². The van der Waals surface area contributed by atoms with Gasteiger partial charge in [0.15, 0.2) is 0 Å². The fraction of sp³-hybridized carbons (Fsp3) is 0.211. The SMILES string of the molecule is Cc1cccc(OCCNC(=O)c2sc(-c3ccccn3)nc2C)c1. The van der Waals surface area contributed by atoms with Crippen LogP contribution >= 0.6 is 11.3 Å². The highest BCUT2D eigenvalue weighted by atomic mass is 32.1. The number of carbonyl (C=O) groups is 1. The van der Waals surface area contributed by atoms with Crippen LogP contribution in [-0.4, -0.2) is 29.0 Å². The maximum Gasteiger partial charge on any atom is 0.263 e. The predicted molar refractivity (Wildman–Crippen MR) is 99.1 cm³/mol. The average molecular weight is 353 g/mol. The van der Waals surface area contributed by atoms with Crippen molar-refractivity contribution in [3.05, 3.63) is 64.8 Å². The van der Waals surface area contributed by atoms with E-state index in [4.69, 9.17) is 4.74 Å². The molecule has 1 aromatic carbocycles. The summed E-state index contributed by atoms with van der Waals surface area (Å²) in [6.45, 7) is 4.70. The number of carbonyl (C=O) groups excluding carboxylic acids is 1. The Morgan fingerprint density at radius 2 is 2.08 bits per heavy atom. The van der Waals surface area contributed by atoms with E-state index in [0.717, 1.165) is 22.0 Å². The number of nitrogens with zero attached hydrogens (tertiary/aromatic N) is 2. The summed E-state index contributed by atoms with van der Waals surface area (Å²) in [4.78, 5) is 21.7. The van der Waals surface area contributed by atoms with Crippen LogP contribution in [0.3, 0.4) is 0 Å². The highest BCUT2D eigenvalue weighted by molar-refractivity contribution is 7.17. The number of nitrogens with one attached hydrogen (secondary N) is 1. The third-order valence-electron chi connectivity index (χ3n) is 3.53. The first-order chi connectivity index (χ1) is 12.1. The highest BCUT2D eigenvalue weighted by Crippen LogP contribution is 2.26. The average Bonchev–Trinajstić information content (AvgIpc) is 3.01. The third-order valence-corrected chi connectivity index (χ3v) is 4.71. The van der Waals surface area contributed by atoms with Crippen molar-refractivity contribution in [2.24, 2.45) is 0 Å². The number of aromatic nitrogens is 2. The number of amides is 1. The van der Waals surface area contributed by atoms with Crippen LogP contribution < -0.4 is 10.1 Å². The summed E-state index contributed by atoms with van der Waals surface area (Å²) >= 11 is 1.35. The maximum atomic E-state index is 12.4. The van der Waals surface area contributed by atoms with Gasteiger partial charge in [0, 0.05) is 6.20 Å². The van der Waals surface area contributed by atoms with Gasteiger partial charge >= 0.3 is 0 Å². The fourth-order valence-corrected chi connectivity index (χ4v) is 3.28. The van der Waals surface area contributed by atoms with Crippen LogP contribution in [0, 0.1) is 13.8 Å². The first-order valence-corrected chi connectivity index (χ1v) is 8.81. The van der Waals surface area contributed by atoms with Gasteiger partial charge in [0.1, 0.15) is 22.2 Å². The van der Waals surface area contributed by atoms with Crippen molar-refractivity contribution < 1.29 is 9.53 Å². The molecule has 0 unspecified atom stereocenters. The van der Waals surface area contributed by atoms with Crippen LogP contribution in [0.2, 0.25) is 0 Å². The van der Waals surface area contributed by atoms with E-state index >= 15 is 0 Å². The molecule has 2 aromatic heterocycles. The van der Waals surface area contributed by atoms with Crippen molar-refractivity contribution >= 4 is 17.2 Å². The van der Waals surface area contributed by atoms with Gasteiger partial charge in [-0.1, -0.05) is 18.2 Å². The first-order valence-electron chi connectivity index (χ1n) is 8.00. The van der Waals surface area contributed by atoms with Crippen molar-refractivity contribution in [3.8, 4) is 16.5 Å². The zero-order valence-corrected chi connectivity index (χ0v) is 15.0. The van der Waals surface area contributed by atoms with Gasteiger partial charge in [-0.25, -0.2) is 4.98 Å². The lowest BCUT2D eigenvalue weighted by atomic mass is 10.2. The second-order valence-corrected chi connectivity index (χ2v) is 6.57. The minimum absolute atomic E-state index is 0.134. The molecule has 3 rings (SSSR count). The molecule has 0 atom stereocenters. The second-order valence-electron chi connectivity index (χ2n) is 5.57. The minimum Gasteiger partial charge on any atom is -0.492 e. The Morgan fingerprint density at radius 1 is 1.20 bits per heavy atom. The molecule has 0 spiro atoms. The summed E-state index contributed by atoms with van der Waals surface area (Å²) in [5.74, 6) is 0.672. The predicted octanol–water partition coefficient (Wildman–Crippen LogP) is 3.63. The summed E-state index contributed by atoms with van der Waals surface area (Å²) in [6.07, 6.45) is 1.72. The second kappa shape index (κ2) is 7.90. The molecule has 0 bridgehead atoms. The van der Waals surface area contributed by atoms with Gasteiger partial charge in [-0.2, -0.15) is 0 Å². The molecule has 3 aromatic rings. The maximum absolute atomic E-state index is 12.4. The summed E-state index contributed by atoms with van der Waals surface area (Å²) in [5, 5.41) is 3.62. The van der Waals surface area contributed by atoms with Crippen molar-refractivity contribution in [1.29, 1.82) is 0 Å². The molecule has 6 heteroatoms. The molecule has 25 heavy (non-hydrogen) atoms. The van der Waals surface area contributed by atoms with Crippen molar-refractivity contribution in [2.75, 3.05) is 13.2 Å². The molecule has 0 aliphatic rings. The standard InChI is InChI=1S/C19H19N3O2S/c1-13-6-5-7-15(12-13)24-11-10-21-18(23)17-14(2)22-19(25-17)16-8-3-4-9-20-16/h3-9,12H,10-11H2,1-2H3,(H,21,23). The molecule has 128 valence electrons. The Morgan fingerprint density at radius 3 is 2.84 bits per heavy atom. The number of rotatable bonds is 6. The molecule has 0 aliphatic carbocycles. The van der Waals surface area contributed by atoms with E-state index in [0.29, 0.717) is 23.7 Å². The van der Waals surface area contributed by atoms with Gasteiger partial charge in [-0.15, -0.1) is 11.3 Å². The quantitative estimate of drug-likeness (QED) is 0.687. The number of thiazole rings is 1. The monoisotopic (exact) mass is 353 g/mol. The van der Waals surface area contributed by atoms with Crippen molar-refractivity contribution in [1.82, 2.24) is 15.3 Å². The van der Waals surface area contributed by atoms with Crippen LogP contribution in [-0.2, 0) is 0 Å². The molecule has 1 amide bonds. The molecule has 1 N–H and O–H groups in total. The number of aryl methyl sites for hydroxylation is 2. The lowest BCUT2D eigenvalue weighted by molar-refractivity contribution is 0.0950. The van der Waals surface area contributed by atoms with Crippen molar-refractivity contribution in [2.45, 2.75) is 13.8 Å². The topological polar surface area (TPSA) is 64.1 Å². The van der Waals surface area contributed by atoms with Gasteiger partial charge in [0.05, 0.1) is 17.9 Å². The van der Waals surface area contributed by atoms with Gasteiger partial charge in [-0.3, -0.25) is 9.78 Å². The molecular weight excluding hydrogens is 334 g/mol. The highest BCUT2D eigenvalue weighted by Gasteiger charge is 2.16. The number of hydrogen-bond acceptors (Lipinski definition) is 5. The summed E-state index contributed by atoms with van der Waals surface area (Å²) in [7, 11) is 0. The number of ether oxygens (including phenoxy) is 1. The van der Waals surface area contributed by atoms with Crippen LogP contribution in [0.4, 0.5) is 0 Å². The Hall–Kier alpha value is -2.73. The largest absolute Gasteiger partial charge is 0.492 e. The van der Waals surface area contributed by atoms with Gasteiger partial charge in [0.2, 0.25) is 0 Å². The van der Waals surface area contributed by atoms with E-state index in [2.05, 4.69) is 15.3 Å². The first kappa shape index (κ1) is 17.1. The number of hydrogen-bond donors (Lipinski definition) is 1. The number of pyridine rings is 1. The van der Waals surface area contributed by atoms with Gasteiger partial charge in [-0.05, 0) is 43.7 Å². The van der Waals surface area contributed by atoms with Crippen molar-refractivity contribution in [3.63, 3.8) is 0 Å². The zero-order chi connectivity index (χ0) is 17.6. The fourth-order valence-electron chi connectivity index (χ4n) is 2.32. The summed E-state index contributed by atoms with van der Waals surface area (Å²) in [6, 6.07) is 13.5. The Balaban J connectivity index is 1.56. The molecule has 5 nitrogen and oxygen atoms in total. The van der Waals surface area contributed by atoms with E-state index < -0.39 is 0 Å². The minimum atomic E-state index is -0.134. The summed E-state index contributed by atoms with van der Waals surface area (Å²) < 4.78 is 5.64. The van der Waals surface area contributed by atoms with Gasteiger partial charge in [0.25, 0.3) is 5.91 Å². The van der Waals surface area contributed by atoms with E-state index in [1.54, 1.807) is 6.20 Å². The normalized spacial score (nSPS) is 10.5. The molecule has 2 heterocycles. The summed E-state index contributed by atoms with van der Waals surface area (Å²) in [5.41, 5.74) is 2.63. The molecule has 0 saturated carbocycles. The Kier molecular flexibility index (Phi) is 5.40. The Bertz CT molecular complexity index is 862. The third kappa shape index (κ3) is 4.42. The Labute approximate surface area is 150 Å².